The smallest absolute Gasteiger partial charge is 0.336 e. The first-order valence-corrected chi connectivity index (χ1v) is 9.53. The second-order valence-corrected chi connectivity index (χ2v) is 7.53. The molecule has 0 saturated heterocycles. The average molecular weight is 392 g/mol. The van der Waals surface area contributed by atoms with Crippen LogP contribution in [-0.2, 0) is 16.0 Å². The van der Waals surface area contributed by atoms with Crippen LogP contribution < -0.4 is 16.3 Å². The van der Waals surface area contributed by atoms with Gasteiger partial charge in [0, 0.05) is 35.3 Å². The van der Waals surface area contributed by atoms with Gasteiger partial charge in [-0.15, -0.1) is 0 Å². The van der Waals surface area contributed by atoms with Crippen molar-refractivity contribution in [3.63, 3.8) is 0 Å². The molecule has 0 aliphatic rings. The predicted octanol–water partition coefficient (Wildman–Crippen LogP) is 4.27. The number of benzene rings is 2. The molecule has 2 aromatic carbocycles. The molecule has 0 bridgehead atoms. The molecule has 6 nitrogen and oxygen atoms in total. The highest BCUT2D eigenvalue weighted by molar-refractivity contribution is 5.95. The van der Waals surface area contributed by atoms with E-state index < -0.39 is 5.63 Å². The number of rotatable bonds is 6. The fourth-order valence-corrected chi connectivity index (χ4v) is 3.08. The zero-order chi connectivity index (χ0) is 21.0. The maximum absolute atomic E-state index is 12.4. The summed E-state index contributed by atoms with van der Waals surface area (Å²) in [6, 6.07) is 13.9. The SMILES string of the molecule is Cc1cc(=O)oc2cc(NC(=O)Cc3ccc(NC(=O)CC(C)C)cc3)ccc12. The van der Waals surface area contributed by atoms with Crippen molar-refractivity contribution in [1.29, 1.82) is 0 Å². The zero-order valence-corrected chi connectivity index (χ0v) is 16.7. The minimum atomic E-state index is -0.418. The van der Waals surface area contributed by atoms with E-state index in [-0.39, 0.29) is 18.2 Å². The van der Waals surface area contributed by atoms with Gasteiger partial charge in [-0.3, -0.25) is 9.59 Å². The number of hydrogen-bond donors (Lipinski definition) is 2. The van der Waals surface area contributed by atoms with Gasteiger partial charge in [-0.1, -0.05) is 26.0 Å². The summed E-state index contributed by atoms with van der Waals surface area (Å²) < 4.78 is 5.21. The van der Waals surface area contributed by atoms with Gasteiger partial charge in [0.05, 0.1) is 6.42 Å². The quantitative estimate of drug-likeness (QED) is 0.613. The van der Waals surface area contributed by atoms with Crippen LogP contribution in [0.4, 0.5) is 11.4 Å². The Morgan fingerprint density at radius 2 is 1.59 bits per heavy atom. The van der Waals surface area contributed by atoms with Crippen LogP contribution in [0.3, 0.4) is 0 Å². The Labute approximate surface area is 168 Å². The molecule has 2 amide bonds. The molecule has 0 unspecified atom stereocenters. The van der Waals surface area contributed by atoms with Crippen molar-refractivity contribution in [2.45, 2.75) is 33.6 Å². The van der Waals surface area contributed by atoms with E-state index in [1.807, 2.05) is 39.0 Å². The number of carbonyl (C=O) groups excluding carboxylic acids is 2. The maximum Gasteiger partial charge on any atom is 0.336 e. The molecule has 3 rings (SSSR count). The van der Waals surface area contributed by atoms with Crippen molar-refractivity contribution in [1.82, 2.24) is 0 Å². The van der Waals surface area contributed by atoms with Gasteiger partial charge >= 0.3 is 5.63 Å². The molecule has 1 heterocycles. The standard InChI is InChI=1S/C23H24N2O4/c1-14(2)10-21(26)24-17-6-4-16(5-7-17)12-22(27)25-18-8-9-19-15(3)11-23(28)29-20(19)13-18/h4-9,11,13-14H,10,12H2,1-3H3,(H,24,26)(H,25,27). The van der Waals surface area contributed by atoms with Crippen LogP contribution in [0.5, 0.6) is 0 Å². The molecule has 0 radical (unpaired) electrons. The monoisotopic (exact) mass is 392 g/mol. The average Bonchev–Trinajstić information content (AvgIpc) is 2.62. The van der Waals surface area contributed by atoms with E-state index in [9.17, 15) is 14.4 Å². The lowest BCUT2D eigenvalue weighted by molar-refractivity contribution is -0.117. The van der Waals surface area contributed by atoms with Crippen molar-refractivity contribution in [2.24, 2.45) is 5.92 Å². The first kappa shape index (κ1) is 20.3. The zero-order valence-electron chi connectivity index (χ0n) is 16.7. The highest BCUT2D eigenvalue weighted by atomic mass is 16.4. The van der Waals surface area contributed by atoms with Gasteiger partial charge in [-0.2, -0.15) is 0 Å². The molecule has 0 fully saturated rings. The number of anilines is 2. The van der Waals surface area contributed by atoms with Crippen LogP contribution in [0.1, 0.15) is 31.4 Å². The van der Waals surface area contributed by atoms with Crippen LogP contribution in [-0.4, -0.2) is 11.8 Å². The number of carbonyl (C=O) groups is 2. The third-order valence-corrected chi connectivity index (χ3v) is 4.43. The van der Waals surface area contributed by atoms with E-state index in [1.165, 1.54) is 6.07 Å². The Bertz CT molecular complexity index is 1100. The first-order chi connectivity index (χ1) is 13.8. The van der Waals surface area contributed by atoms with Crippen LogP contribution in [0.25, 0.3) is 11.0 Å². The summed E-state index contributed by atoms with van der Waals surface area (Å²) >= 11 is 0. The van der Waals surface area contributed by atoms with Crippen molar-refractivity contribution in [3.05, 3.63) is 70.1 Å². The number of nitrogens with one attached hydrogen (secondary N) is 2. The Balaban J connectivity index is 1.62. The highest BCUT2D eigenvalue weighted by Gasteiger charge is 2.09. The number of amides is 2. The van der Waals surface area contributed by atoms with Crippen molar-refractivity contribution < 1.29 is 14.0 Å². The van der Waals surface area contributed by atoms with Gasteiger partial charge < -0.3 is 15.1 Å². The molecule has 2 N–H and O–H groups in total. The molecule has 29 heavy (non-hydrogen) atoms. The molecule has 1 aromatic heterocycles. The molecule has 0 atom stereocenters. The molecule has 6 heteroatoms. The molecule has 0 aliphatic heterocycles. The molecule has 3 aromatic rings. The molecular formula is C23H24N2O4. The molecule has 0 spiro atoms. The van der Waals surface area contributed by atoms with Gasteiger partial charge in [0.1, 0.15) is 5.58 Å². The van der Waals surface area contributed by atoms with Crippen molar-refractivity contribution >= 4 is 34.2 Å². The maximum atomic E-state index is 12.4. The summed E-state index contributed by atoms with van der Waals surface area (Å²) in [5, 5.41) is 6.49. The Morgan fingerprint density at radius 1 is 0.931 bits per heavy atom. The van der Waals surface area contributed by atoms with Crippen LogP contribution in [0.15, 0.2) is 57.7 Å². The Morgan fingerprint density at radius 3 is 2.28 bits per heavy atom. The molecule has 150 valence electrons. The van der Waals surface area contributed by atoms with E-state index in [2.05, 4.69) is 10.6 Å². The van der Waals surface area contributed by atoms with E-state index in [0.29, 0.717) is 29.3 Å². The van der Waals surface area contributed by atoms with Gasteiger partial charge in [0.15, 0.2) is 0 Å². The minimum Gasteiger partial charge on any atom is -0.423 e. The second kappa shape index (κ2) is 8.73. The van der Waals surface area contributed by atoms with Gasteiger partial charge in [0.2, 0.25) is 11.8 Å². The van der Waals surface area contributed by atoms with E-state index >= 15 is 0 Å². The van der Waals surface area contributed by atoms with Crippen LogP contribution in [0.2, 0.25) is 0 Å². The normalized spacial score (nSPS) is 10.9. The lowest BCUT2D eigenvalue weighted by atomic mass is 10.1. The Kier molecular flexibility index (Phi) is 6.12. The summed E-state index contributed by atoms with van der Waals surface area (Å²) in [6.45, 7) is 5.82. The fraction of sp³-hybridized carbons (Fsp3) is 0.261. The topological polar surface area (TPSA) is 88.4 Å². The van der Waals surface area contributed by atoms with Crippen molar-refractivity contribution in [3.8, 4) is 0 Å². The molecular weight excluding hydrogens is 368 g/mol. The highest BCUT2D eigenvalue weighted by Crippen LogP contribution is 2.21. The summed E-state index contributed by atoms with van der Waals surface area (Å²) in [6.07, 6.45) is 0.658. The largest absolute Gasteiger partial charge is 0.423 e. The molecule has 0 saturated carbocycles. The predicted molar refractivity (Wildman–Crippen MR) is 114 cm³/mol. The van der Waals surface area contributed by atoms with Crippen LogP contribution >= 0.6 is 0 Å². The third kappa shape index (κ3) is 5.54. The Hall–Kier alpha value is -3.41. The van der Waals surface area contributed by atoms with E-state index in [4.69, 9.17) is 4.42 Å². The molecule has 0 aliphatic carbocycles. The van der Waals surface area contributed by atoms with Crippen LogP contribution in [0, 0.1) is 12.8 Å². The van der Waals surface area contributed by atoms with Gasteiger partial charge in [-0.25, -0.2) is 4.79 Å². The van der Waals surface area contributed by atoms with Gasteiger partial charge in [0.25, 0.3) is 0 Å². The number of aryl methyl sites for hydroxylation is 1. The summed E-state index contributed by atoms with van der Waals surface area (Å²) in [5.74, 6) is 0.0876. The summed E-state index contributed by atoms with van der Waals surface area (Å²) in [5.41, 5.74) is 2.95. The number of fused-ring (bicyclic) bond motifs is 1. The van der Waals surface area contributed by atoms with Crippen molar-refractivity contribution in [2.75, 3.05) is 10.6 Å². The summed E-state index contributed by atoms with van der Waals surface area (Å²) in [7, 11) is 0. The summed E-state index contributed by atoms with van der Waals surface area (Å²) in [4.78, 5) is 35.7. The lowest BCUT2D eigenvalue weighted by Crippen LogP contribution is -2.15. The second-order valence-electron chi connectivity index (χ2n) is 7.53. The third-order valence-electron chi connectivity index (χ3n) is 4.43. The first-order valence-electron chi connectivity index (χ1n) is 9.53. The van der Waals surface area contributed by atoms with Gasteiger partial charge in [-0.05, 0) is 48.2 Å². The fourth-order valence-electron chi connectivity index (χ4n) is 3.08. The van der Waals surface area contributed by atoms with E-state index in [0.717, 1.165) is 16.5 Å². The minimum absolute atomic E-state index is 0.0244. The van der Waals surface area contributed by atoms with E-state index in [1.54, 1.807) is 24.3 Å². The lowest BCUT2D eigenvalue weighted by Gasteiger charge is -2.09. The number of hydrogen-bond acceptors (Lipinski definition) is 4.